The van der Waals surface area contributed by atoms with Gasteiger partial charge < -0.3 is 29.3 Å². The standard InChI is InChI=1S/C46H46N10O7/c1-27-19-29(3-7-38(27)63-32-13-18-55-41(21-32)48-26-50-55)51-43-35-22-40(39(61-2)23-36(35)47-25-49-43)62-31-11-14-53(15-12-31)24-28-9-16-54(17-10-28)30-4-5-33-34(20-30)46(60)56(45(33)59)37-6-8-42(57)52-44(37)58/h3-5,7,13,18-23,25-26,28,31,37H,6,8-12,14-17,24H2,1-2H3,(H,47,49,51)(H,52,57,58). The van der Waals surface area contributed by atoms with E-state index in [0.717, 1.165) is 96.9 Å². The van der Waals surface area contributed by atoms with Crippen LogP contribution in [0.1, 0.15) is 64.8 Å². The SMILES string of the molecule is COc1cc2ncnc(Nc3ccc(Oc4ccn5ncnc5c4)c(C)c3)c2cc1OC1CCN(CC2CCN(c3ccc4c(c3)C(=O)N(C3CCC(=O)NC3=O)C4=O)CC2)CC1. The van der Waals surface area contributed by atoms with E-state index in [9.17, 15) is 19.2 Å². The number of nitrogens with one attached hydrogen (secondary N) is 2. The van der Waals surface area contributed by atoms with Gasteiger partial charge in [-0.2, -0.15) is 5.10 Å². The van der Waals surface area contributed by atoms with Crippen LogP contribution in [0.5, 0.6) is 23.0 Å². The number of carbonyl (C=O) groups is 4. The number of piperidine rings is 3. The highest BCUT2D eigenvalue weighted by Crippen LogP contribution is 2.38. The van der Waals surface area contributed by atoms with Crippen LogP contribution in [0.2, 0.25) is 0 Å². The number of pyridine rings is 1. The second-order valence-electron chi connectivity index (χ2n) is 16.6. The Labute approximate surface area is 362 Å². The van der Waals surface area contributed by atoms with Crippen LogP contribution in [0.3, 0.4) is 0 Å². The van der Waals surface area contributed by atoms with Crippen LogP contribution in [-0.2, 0) is 9.59 Å². The van der Waals surface area contributed by atoms with Crippen molar-refractivity contribution in [3.05, 3.63) is 96.2 Å². The zero-order valence-corrected chi connectivity index (χ0v) is 35.0. The lowest BCUT2D eigenvalue weighted by atomic mass is 9.94. The average molecular weight is 851 g/mol. The van der Waals surface area contributed by atoms with Crippen LogP contribution in [0, 0.1) is 12.8 Å². The number of aryl methyl sites for hydroxylation is 1. The molecule has 17 nitrogen and oxygen atoms in total. The molecule has 7 heterocycles. The predicted octanol–water partition coefficient (Wildman–Crippen LogP) is 5.69. The molecule has 1 atom stereocenters. The number of likely N-dealkylation sites (tertiary alicyclic amines) is 1. The Hall–Kier alpha value is -7.14. The van der Waals surface area contributed by atoms with E-state index in [4.69, 9.17) is 14.2 Å². The fourth-order valence-corrected chi connectivity index (χ4v) is 9.16. The van der Waals surface area contributed by atoms with Crippen molar-refractivity contribution in [1.82, 2.24) is 39.7 Å². The summed E-state index contributed by atoms with van der Waals surface area (Å²) in [7, 11) is 1.64. The van der Waals surface area contributed by atoms with Crippen LogP contribution in [0.4, 0.5) is 17.2 Å². The van der Waals surface area contributed by atoms with Gasteiger partial charge >= 0.3 is 0 Å². The summed E-state index contributed by atoms with van der Waals surface area (Å²) < 4.78 is 20.3. The maximum Gasteiger partial charge on any atom is 0.262 e. The Balaban J connectivity index is 0.731. The first-order chi connectivity index (χ1) is 30.7. The summed E-state index contributed by atoms with van der Waals surface area (Å²) >= 11 is 0. The van der Waals surface area contributed by atoms with Crippen molar-refractivity contribution in [2.45, 2.75) is 57.6 Å². The number of rotatable bonds is 11. The van der Waals surface area contributed by atoms with Gasteiger partial charge in [-0.25, -0.2) is 19.5 Å². The second kappa shape index (κ2) is 16.6. The van der Waals surface area contributed by atoms with Crippen LogP contribution in [0.25, 0.3) is 16.6 Å². The fraction of sp³-hybridized carbons (Fsp3) is 0.348. The van der Waals surface area contributed by atoms with E-state index in [1.807, 2.05) is 61.7 Å². The van der Waals surface area contributed by atoms with Crippen LogP contribution in [-0.4, -0.2) is 110 Å². The number of aromatic nitrogens is 5. The summed E-state index contributed by atoms with van der Waals surface area (Å²) in [6.45, 7) is 6.54. The number of carbonyl (C=O) groups excluding carboxylic acids is 4. The third-order valence-corrected chi connectivity index (χ3v) is 12.6. The molecule has 0 bridgehead atoms. The molecule has 4 amide bonds. The zero-order chi connectivity index (χ0) is 43.2. The third-order valence-electron chi connectivity index (χ3n) is 12.6. The molecule has 3 fully saturated rings. The second-order valence-corrected chi connectivity index (χ2v) is 16.6. The molecule has 0 radical (unpaired) electrons. The third kappa shape index (κ3) is 7.95. The summed E-state index contributed by atoms with van der Waals surface area (Å²) in [5.41, 5.74) is 4.72. The lowest BCUT2D eigenvalue weighted by molar-refractivity contribution is -0.136. The van der Waals surface area contributed by atoms with Crippen molar-refractivity contribution in [2.75, 3.05) is 50.1 Å². The van der Waals surface area contributed by atoms with Gasteiger partial charge in [0.05, 0.1) is 23.8 Å². The number of hydrogen-bond acceptors (Lipinski definition) is 14. The Kier molecular flexibility index (Phi) is 10.5. The van der Waals surface area contributed by atoms with Gasteiger partial charge in [0.1, 0.15) is 42.1 Å². The number of hydrogen-bond donors (Lipinski definition) is 2. The van der Waals surface area contributed by atoms with Crippen molar-refractivity contribution in [1.29, 1.82) is 0 Å². The number of imide groups is 2. The van der Waals surface area contributed by atoms with Gasteiger partial charge in [0, 0.05) is 74.2 Å². The summed E-state index contributed by atoms with van der Waals surface area (Å²) in [5, 5.41) is 10.7. The van der Waals surface area contributed by atoms with E-state index in [1.54, 1.807) is 23.8 Å². The Morgan fingerprint density at radius 2 is 1.62 bits per heavy atom. The summed E-state index contributed by atoms with van der Waals surface area (Å²) in [5.74, 6) is 1.88. The maximum atomic E-state index is 13.4. The van der Waals surface area contributed by atoms with Crippen molar-refractivity contribution in [3.63, 3.8) is 0 Å². The molecule has 4 aliphatic rings. The molecule has 3 aromatic heterocycles. The maximum absolute atomic E-state index is 13.4. The largest absolute Gasteiger partial charge is 0.493 e. The molecule has 1 unspecified atom stereocenters. The molecule has 322 valence electrons. The first-order valence-electron chi connectivity index (χ1n) is 21.3. The molecule has 3 aromatic carbocycles. The average Bonchev–Trinajstić information content (AvgIpc) is 3.86. The first-order valence-corrected chi connectivity index (χ1v) is 21.3. The first kappa shape index (κ1) is 40.0. The Morgan fingerprint density at radius 1 is 0.794 bits per heavy atom. The Morgan fingerprint density at radius 3 is 2.41 bits per heavy atom. The number of benzene rings is 3. The monoisotopic (exact) mass is 850 g/mol. The summed E-state index contributed by atoms with van der Waals surface area (Å²) in [6, 6.07) is 17.8. The van der Waals surface area contributed by atoms with E-state index in [2.05, 4.69) is 40.5 Å². The highest BCUT2D eigenvalue weighted by molar-refractivity contribution is 6.23. The van der Waals surface area contributed by atoms with Crippen LogP contribution < -0.4 is 29.7 Å². The van der Waals surface area contributed by atoms with Crippen molar-refractivity contribution < 1.29 is 33.4 Å². The van der Waals surface area contributed by atoms with E-state index in [0.29, 0.717) is 45.8 Å². The van der Waals surface area contributed by atoms with Gasteiger partial charge in [0.15, 0.2) is 17.1 Å². The molecule has 63 heavy (non-hydrogen) atoms. The molecular formula is C46H46N10O7. The zero-order valence-electron chi connectivity index (χ0n) is 35.0. The van der Waals surface area contributed by atoms with Crippen molar-refractivity contribution in [2.24, 2.45) is 5.92 Å². The normalized spacial score (nSPS) is 18.9. The van der Waals surface area contributed by atoms with Crippen molar-refractivity contribution >= 4 is 57.4 Å². The van der Waals surface area contributed by atoms with E-state index >= 15 is 0 Å². The molecule has 4 aliphatic heterocycles. The fourth-order valence-electron chi connectivity index (χ4n) is 9.16. The molecule has 0 spiro atoms. The number of fused-ring (bicyclic) bond motifs is 3. The molecule has 0 aliphatic carbocycles. The van der Waals surface area contributed by atoms with Gasteiger partial charge in [0.25, 0.3) is 11.8 Å². The smallest absolute Gasteiger partial charge is 0.262 e. The number of amides is 4. The molecule has 2 N–H and O–H groups in total. The minimum atomic E-state index is -0.976. The van der Waals surface area contributed by atoms with Gasteiger partial charge in [-0.05, 0) is 99.0 Å². The molecule has 0 saturated carbocycles. The molecular weight excluding hydrogens is 805 g/mol. The van der Waals surface area contributed by atoms with E-state index in [-0.39, 0.29) is 18.9 Å². The lowest BCUT2D eigenvalue weighted by Gasteiger charge is -2.38. The minimum absolute atomic E-state index is 0.0245. The number of ether oxygens (including phenoxy) is 3. The quantitative estimate of drug-likeness (QED) is 0.152. The highest BCUT2D eigenvalue weighted by Gasteiger charge is 2.45. The summed E-state index contributed by atoms with van der Waals surface area (Å²) in [6.07, 6.45) is 8.89. The van der Waals surface area contributed by atoms with Gasteiger partial charge in [-0.1, -0.05) is 0 Å². The van der Waals surface area contributed by atoms with Crippen LogP contribution >= 0.6 is 0 Å². The molecule has 6 aromatic rings. The van der Waals surface area contributed by atoms with Gasteiger partial charge in [0.2, 0.25) is 11.8 Å². The van der Waals surface area contributed by atoms with E-state index < -0.39 is 29.7 Å². The van der Waals surface area contributed by atoms with Gasteiger partial charge in [-0.3, -0.25) is 29.4 Å². The molecule has 3 saturated heterocycles. The van der Waals surface area contributed by atoms with Crippen LogP contribution in [0.15, 0.2) is 79.5 Å². The Bertz CT molecular complexity index is 2780. The highest BCUT2D eigenvalue weighted by atomic mass is 16.5. The summed E-state index contributed by atoms with van der Waals surface area (Å²) in [4.78, 5) is 69.9. The molecule has 10 rings (SSSR count). The minimum Gasteiger partial charge on any atom is -0.493 e. The number of nitrogens with zero attached hydrogens (tertiary/aromatic N) is 8. The predicted molar refractivity (Wildman–Crippen MR) is 232 cm³/mol. The number of methoxy groups -OCH3 is 1. The van der Waals surface area contributed by atoms with Gasteiger partial charge in [-0.15, -0.1) is 0 Å². The van der Waals surface area contributed by atoms with Crippen molar-refractivity contribution in [3.8, 4) is 23.0 Å². The number of anilines is 3. The van der Waals surface area contributed by atoms with E-state index in [1.165, 1.54) is 12.7 Å². The topological polar surface area (TPSA) is 186 Å². The lowest BCUT2D eigenvalue weighted by Crippen LogP contribution is -2.54. The molecule has 17 heteroatoms.